The average Bonchev–Trinajstić information content (AvgIpc) is 2.81. The molecule has 3 rings (SSSR count). The van der Waals surface area contributed by atoms with Gasteiger partial charge in [0.15, 0.2) is 5.58 Å². The number of para-hydroxylation sites is 2. The second kappa shape index (κ2) is 5.07. The molecule has 0 bridgehead atoms. The minimum absolute atomic E-state index is 0.0587. The fraction of sp³-hybridized carbons (Fsp3) is 0.133. The van der Waals surface area contributed by atoms with Crippen molar-refractivity contribution in [3.05, 3.63) is 54.1 Å². The van der Waals surface area contributed by atoms with Crippen LogP contribution in [0.4, 0.5) is 0 Å². The molecule has 0 unspecified atom stereocenters. The van der Waals surface area contributed by atoms with Crippen molar-refractivity contribution in [1.82, 2.24) is 4.98 Å². The van der Waals surface area contributed by atoms with E-state index in [1.165, 1.54) is 11.8 Å². The normalized spacial score (nSPS) is 12.7. The van der Waals surface area contributed by atoms with E-state index >= 15 is 0 Å². The maximum atomic E-state index is 5.83. The summed E-state index contributed by atoms with van der Waals surface area (Å²) in [7, 11) is 0. The summed E-state index contributed by atoms with van der Waals surface area (Å²) in [6.45, 7) is 1.98. The van der Waals surface area contributed by atoms with Gasteiger partial charge in [-0.15, -0.1) is 0 Å². The van der Waals surface area contributed by atoms with Gasteiger partial charge in [-0.25, -0.2) is 4.98 Å². The van der Waals surface area contributed by atoms with Crippen LogP contribution in [0.2, 0.25) is 0 Å². The maximum Gasteiger partial charge on any atom is 0.261 e. The van der Waals surface area contributed by atoms with E-state index in [2.05, 4.69) is 4.98 Å². The Hall–Kier alpha value is -1.78. The number of fused-ring (bicyclic) bond motifs is 1. The average molecular weight is 270 g/mol. The van der Waals surface area contributed by atoms with Gasteiger partial charge in [0.1, 0.15) is 5.52 Å². The van der Waals surface area contributed by atoms with Crippen molar-refractivity contribution in [3.63, 3.8) is 0 Å². The first-order chi connectivity index (χ1) is 9.22. The monoisotopic (exact) mass is 270 g/mol. The van der Waals surface area contributed by atoms with Crippen LogP contribution in [0.1, 0.15) is 18.5 Å². The van der Waals surface area contributed by atoms with Crippen LogP contribution in [0.3, 0.4) is 0 Å². The predicted octanol–water partition coefficient (Wildman–Crippen LogP) is 4.00. The molecule has 0 spiro atoms. The van der Waals surface area contributed by atoms with Gasteiger partial charge in [-0.1, -0.05) is 24.3 Å². The number of nitrogens with two attached hydrogens (primary N) is 1. The highest BCUT2D eigenvalue weighted by molar-refractivity contribution is 7.99. The van der Waals surface area contributed by atoms with E-state index in [1.54, 1.807) is 0 Å². The summed E-state index contributed by atoms with van der Waals surface area (Å²) in [4.78, 5) is 5.53. The van der Waals surface area contributed by atoms with Gasteiger partial charge in [0.2, 0.25) is 0 Å². The second-order valence-electron chi connectivity index (χ2n) is 4.41. The second-order valence-corrected chi connectivity index (χ2v) is 5.43. The first-order valence-corrected chi connectivity index (χ1v) is 6.93. The lowest BCUT2D eigenvalue weighted by Gasteiger charge is -2.05. The Kier molecular flexibility index (Phi) is 3.27. The largest absolute Gasteiger partial charge is 0.431 e. The predicted molar refractivity (Wildman–Crippen MR) is 77.2 cm³/mol. The summed E-state index contributed by atoms with van der Waals surface area (Å²) >= 11 is 1.52. The molecule has 0 amide bonds. The van der Waals surface area contributed by atoms with Crippen molar-refractivity contribution in [1.29, 1.82) is 0 Å². The lowest BCUT2D eigenvalue weighted by atomic mass is 10.1. The zero-order valence-electron chi connectivity index (χ0n) is 10.5. The molecule has 1 atom stereocenters. The minimum atomic E-state index is 0.0587. The van der Waals surface area contributed by atoms with Crippen molar-refractivity contribution in [2.24, 2.45) is 5.73 Å². The molecule has 0 saturated carbocycles. The van der Waals surface area contributed by atoms with Gasteiger partial charge in [0.05, 0.1) is 0 Å². The van der Waals surface area contributed by atoms with Gasteiger partial charge >= 0.3 is 0 Å². The number of rotatable bonds is 3. The summed E-state index contributed by atoms with van der Waals surface area (Å²) in [6, 6.07) is 16.0. The summed E-state index contributed by atoms with van der Waals surface area (Å²) in [5, 5.41) is 0.662. The third-order valence-electron chi connectivity index (χ3n) is 2.89. The molecule has 0 aliphatic heterocycles. The van der Waals surface area contributed by atoms with Crippen molar-refractivity contribution >= 4 is 22.9 Å². The van der Waals surface area contributed by atoms with Gasteiger partial charge in [0, 0.05) is 10.9 Å². The van der Waals surface area contributed by atoms with E-state index in [9.17, 15) is 0 Å². The number of aromatic nitrogens is 1. The molecule has 3 nitrogen and oxygen atoms in total. The molecule has 0 fully saturated rings. The van der Waals surface area contributed by atoms with Crippen molar-refractivity contribution in [3.8, 4) is 0 Å². The molecular formula is C15H14N2OS. The van der Waals surface area contributed by atoms with Crippen LogP contribution in [-0.2, 0) is 0 Å². The first-order valence-electron chi connectivity index (χ1n) is 6.11. The molecule has 3 aromatic rings. The van der Waals surface area contributed by atoms with Crippen LogP contribution in [0.25, 0.3) is 11.1 Å². The summed E-state index contributed by atoms with van der Waals surface area (Å²) < 4.78 is 5.68. The van der Waals surface area contributed by atoms with E-state index in [0.29, 0.717) is 5.22 Å². The highest BCUT2D eigenvalue weighted by Crippen LogP contribution is 2.30. The maximum absolute atomic E-state index is 5.83. The third-order valence-corrected chi connectivity index (χ3v) is 3.74. The summed E-state index contributed by atoms with van der Waals surface area (Å²) in [5.41, 5.74) is 8.66. The van der Waals surface area contributed by atoms with Gasteiger partial charge in [-0.3, -0.25) is 0 Å². The van der Waals surface area contributed by atoms with Crippen molar-refractivity contribution in [2.45, 2.75) is 23.1 Å². The zero-order valence-corrected chi connectivity index (χ0v) is 11.4. The van der Waals surface area contributed by atoms with Gasteiger partial charge in [-0.2, -0.15) is 0 Å². The number of hydrogen-bond acceptors (Lipinski definition) is 4. The Morgan fingerprint density at radius 2 is 1.84 bits per heavy atom. The van der Waals surface area contributed by atoms with Crippen molar-refractivity contribution in [2.75, 3.05) is 0 Å². The molecular weight excluding hydrogens is 256 g/mol. The zero-order chi connectivity index (χ0) is 13.2. The first kappa shape index (κ1) is 12.3. The van der Waals surface area contributed by atoms with E-state index in [0.717, 1.165) is 21.6 Å². The molecule has 0 radical (unpaired) electrons. The molecule has 1 heterocycles. The number of hydrogen-bond donors (Lipinski definition) is 1. The number of benzene rings is 2. The number of nitrogens with zero attached hydrogens (tertiary/aromatic N) is 1. The Bertz CT molecular complexity index is 656. The fourth-order valence-corrected chi connectivity index (χ4v) is 2.58. The summed E-state index contributed by atoms with van der Waals surface area (Å²) in [6.07, 6.45) is 0. The van der Waals surface area contributed by atoms with E-state index in [4.69, 9.17) is 10.2 Å². The van der Waals surface area contributed by atoms with Crippen LogP contribution >= 0.6 is 11.8 Å². The molecule has 19 heavy (non-hydrogen) atoms. The van der Waals surface area contributed by atoms with Crippen LogP contribution in [0.15, 0.2) is 63.1 Å². The van der Waals surface area contributed by atoms with Gasteiger partial charge in [0.25, 0.3) is 5.22 Å². The molecule has 96 valence electrons. The quantitative estimate of drug-likeness (QED) is 0.781. The lowest BCUT2D eigenvalue weighted by Crippen LogP contribution is -2.04. The van der Waals surface area contributed by atoms with E-state index in [-0.39, 0.29) is 6.04 Å². The Labute approximate surface area is 115 Å². The molecule has 0 aliphatic rings. The van der Waals surface area contributed by atoms with Crippen LogP contribution in [0, 0.1) is 0 Å². The molecule has 0 aliphatic carbocycles. The fourth-order valence-electron chi connectivity index (χ4n) is 1.83. The van der Waals surface area contributed by atoms with Crippen LogP contribution in [-0.4, -0.2) is 4.98 Å². The topological polar surface area (TPSA) is 52.0 Å². The smallest absolute Gasteiger partial charge is 0.261 e. The molecule has 1 aromatic heterocycles. The highest BCUT2D eigenvalue weighted by Gasteiger charge is 2.07. The molecule has 4 heteroatoms. The Morgan fingerprint density at radius 1 is 1.11 bits per heavy atom. The Balaban J connectivity index is 1.84. The molecule has 2 N–H and O–H groups in total. The van der Waals surface area contributed by atoms with Gasteiger partial charge in [-0.05, 0) is 48.5 Å². The standard InChI is InChI=1S/C15H14N2OS/c1-10(16)11-6-8-12(9-7-11)19-15-17-13-4-2-3-5-14(13)18-15/h2-10H,16H2,1H3/t10-/m1/s1. The summed E-state index contributed by atoms with van der Waals surface area (Å²) in [5.74, 6) is 0. The SMILES string of the molecule is C[C@@H](N)c1ccc(Sc2nc3ccccc3o2)cc1. The van der Waals surface area contributed by atoms with E-state index < -0.39 is 0 Å². The highest BCUT2D eigenvalue weighted by atomic mass is 32.2. The van der Waals surface area contributed by atoms with E-state index in [1.807, 2.05) is 55.5 Å². The third kappa shape index (κ3) is 2.64. The number of oxazole rings is 1. The van der Waals surface area contributed by atoms with Crippen molar-refractivity contribution < 1.29 is 4.42 Å². The van der Waals surface area contributed by atoms with Crippen LogP contribution < -0.4 is 5.73 Å². The molecule has 2 aromatic carbocycles. The van der Waals surface area contributed by atoms with Crippen LogP contribution in [0.5, 0.6) is 0 Å². The van der Waals surface area contributed by atoms with Gasteiger partial charge < -0.3 is 10.2 Å². The Morgan fingerprint density at radius 3 is 2.53 bits per heavy atom. The minimum Gasteiger partial charge on any atom is -0.431 e. The lowest BCUT2D eigenvalue weighted by molar-refractivity contribution is 0.489. The molecule has 0 saturated heterocycles.